The minimum absolute atomic E-state index is 0.0253. The molecule has 0 bridgehead atoms. The second-order valence-corrected chi connectivity index (χ2v) is 7.17. The number of nitrogens with one attached hydrogen (secondary N) is 1. The van der Waals surface area contributed by atoms with Crippen molar-refractivity contribution in [3.8, 4) is 5.75 Å². The first-order chi connectivity index (χ1) is 11.4. The van der Waals surface area contributed by atoms with Gasteiger partial charge in [-0.15, -0.1) is 6.58 Å². The van der Waals surface area contributed by atoms with Crippen molar-refractivity contribution in [2.24, 2.45) is 0 Å². The molecule has 1 aromatic rings. The number of halogens is 2. The summed E-state index contributed by atoms with van der Waals surface area (Å²) in [6.45, 7) is 5.85. The molecule has 1 N–H and O–H groups in total. The third kappa shape index (κ3) is 3.97. The number of rotatable bonds is 5. The number of urea groups is 1. The zero-order valence-electron chi connectivity index (χ0n) is 12.8. The molecule has 8 heteroatoms. The quantitative estimate of drug-likeness (QED) is 0.264. The van der Waals surface area contributed by atoms with Crippen molar-refractivity contribution in [1.82, 2.24) is 10.2 Å². The van der Waals surface area contributed by atoms with Crippen molar-refractivity contribution in [2.45, 2.75) is 6.92 Å². The van der Waals surface area contributed by atoms with Gasteiger partial charge < -0.3 is 4.74 Å². The number of carbonyl (C=O) groups is 3. The lowest BCUT2D eigenvalue weighted by molar-refractivity contribution is -0.129. The van der Waals surface area contributed by atoms with Crippen LogP contribution < -0.4 is 10.1 Å². The molecule has 0 aliphatic carbocycles. The highest BCUT2D eigenvalue weighted by Gasteiger charge is 2.35. The molecule has 0 aromatic heterocycles. The summed E-state index contributed by atoms with van der Waals surface area (Å²) in [4.78, 5) is 37.2. The van der Waals surface area contributed by atoms with E-state index in [-0.39, 0.29) is 12.1 Å². The highest BCUT2D eigenvalue weighted by molar-refractivity contribution is 14.1. The smallest absolute Gasteiger partial charge is 0.331 e. The van der Waals surface area contributed by atoms with E-state index in [0.717, 1.165) is 12.0 Å². The molecule has 24 heavy (non-hydrogen) atoms. The first kappa shape index (κ1) is 18.9. The first-order valence-corrected chi connectivity index (χ1v) is 9.16. The van der Waals surface area contributed by atoms with Crippen LogP contribution in [0.25, 0.3) is 6.08 Å². The van der Waals surface area contributed by atoms with Crippen LogP contribution in [0.4, 0.5) is 4.79 Å². The summed E-state index contributed by atoms with van der Waals surface area (Å²) in [5.74, 6) is -0.777. The van der Waals surface area contributed by atoms with Crippen molar-refractivity contribution in [2.75, 3.05) is 13.2 Å². The Kier molecular flexibility index (Phi) is 6.38. The largest absolute Gasteiger partial charge is 0.492 e. The maximum absolute atomic E-state index is 12.5. The van der Waals surface area contributed by atoms with Gasteiger partial charge in [0.15, 0.2) is 0 Å². The number of hydrogen-bond donors (Lipinski definition) is 1. The van der Waals surface area contributed by atoms with E-state index in [1.807, 2.05) is 19.1 Å². The Morgan fingerprint density at radius 2 is 2.00 bits per heavy atom. The molecular weight excluding hydrogens is 538 g/mol. The Morgan fingerprint density at radius 1 is 1.29 bits per heavy atom. The summed E-state index contributed by atoms with van der Waals surface area (Å²) in [7, 11) is 0. The van der Waals surface area contributed by atoms with Crippen LogP contribution in [0.1, 0.15) is 12.5 Å². The Hall–Kier alpha value is -1.43. The number of amides is 4. The standard InChI is InChI=1S/C16H14I2N2O4/c1-3-5-20-15(22)11(14(21)19-16(20)23)7-9-6-10(17)8-12(18)13(9)24-4-2/h3,6-8H,1,4-5H2,2H3,(H,19,21,23)/b11-7-. The molecule has 0 spiro atoms. The Labute approximate surface area is 166 Å². The van der Waals surface area contributed by atoms with Crippen molar-refractivity contribution < 1.29 is 19.1 Å². The van der Waals surface area contributed by atoms with Gasteiger partial charge in [-0.2, -0.15) is 0 Å². The van der Waals surface area contributed by atoms with Gasteiger partial charge in [-0.3, -0.25) is 19.8 Å². The summed E-state index contributed by atoms with van der Waals surface area (Å²) in [5.41, 5.74) is 0.495. The van der Waals surface area contributed by atoms with E-state index >= 15 is 0 Å². The van der Waals surface area contributed by atoms with E-state index in [4.69, 9.17) is 4.74 Å². The molecule has 1 fully saturated rings. The maximum atomic E-state index is 12.5. The monoisotopic (exact) mass is 552 g/mol. The zero-order chi connectivity index (χ0) is 17.9. The second-order valence-electron chi connectivity index (χ2n) is 4.76. The summed E-state index contributed by atoms with van der Waals surface area (Å²) in [6.07, 6.45) is 2.88. The fourth-order valence-electron chi connectivity index (χ4n) is 2.13. The van der Waals surface area contributed by atoms with Crippen LogP contribution in [-0.4, -0.2) is 35.9 Å². The predicted molar refractivity (Wildman–Crippen MR) is 106 cm³/mol. The van der Waals surface area contributed by atoms with Crippen LogP contribution in [0.15, 0.2) is 30.4 Å². The fourth-order valence-corrected chi connectivity index (χ4v) is 4.17. The molecule has 6 nitrogen and oxygen atoms in total. The van der Waals surface area contributed by atoms with Gasteiger partial charge in [0.25, 0.3) is 11.8 Å². The Bertz CT molecular complexity index is 759. The number of benzene rings is 1. The number of ether oxygens (including phenoxy) is 1. The molecule has 126 valence electrons. The van der Waals surface area contributed by atoms with Crippen molar-refractivity contribution in [3.05, 3.63) is 43.1 Å². The highest BCUT2D eigenvalue weighted by Crippen LogP contribution is 2.31. The van der Waals surface area contributed by atoms with Gasteiger partial charge in [0, 0.05) is 15.7 Å². The molecule has 0 saturated carbocycles. The normalized spacial score (nSPS) is 16.4. The molecule has 0 atom stereocenters. The van der Waals surface area contributed by atoms with Crippen LogP contribution in [0.3, 0.4) is 0 Å². The first-order valence-electron chi connectivity index (χ1n) is 7.00. The van der Waals surface area contributed by atoms with Gasteiger partial charge in [0.1, 0.15) is 11.3 Å². The van der Waals surface area contributed by atoms with E-state index in [9.17, 15) is 14.4 Å². The minimum atomic E-state index is -0.746. The topological polar surface area (TPSA) is 75.7 Å². The van der Waals surface area contributed by atoms with Crippen LogP contribution in [0, 0.1) is 7.14 Å². The van der Waals surface area contributed by atoms with E-state index in [1.165, 1.54) is 12.2 Å². The molecule has 1 heterocycles. The second kappa shape index (κ2) is 8.10. The molecule has 0 unspecified atom stereocenters. The Balaban J connectivity index is 2.53. The van der Waals surface area contributed by atoms with Gasteiger partial charge in [-0.25, -0.2) is 4.79 Å². The summed E-state index contributed by atoms with van der Waals surface area (Å²) in [5, 5.41) is 2.16. The SMILES string of the molecule is C=CCN1C(=O)NC(=O)/C(=C/c2cc(I)cc(I)c2OCC)C1=O. The molecule has 1 aromatic carbocycles. The van der Waals surface area contributed by atoms with E-state index < -0.39 is 17.8 Å². The lowest BCUT2D eigenvalue weighted by Gasteiger charge is -2.25. The van der Waals surface area contributed by atoms with E-state index in [1.54, 1.807) is 0 Å². The Morgan fingerprint density at radius 3 is 2.62 bits per heavy atom. The molecule has 4 amide bonds. The summed E-state index contributed by atoms with van der Waals surface area (Å²) >= 11 is 4.29. The molecular formula is C16H14I2N2O4. The maximum Gasteiger partial charge on any atom is 0.331 e. The van der Waals surface area contributed by atoms with Gasteiger partial charge in [-0.05, 0) is 70.3 Å². The highest BCUT2D eigenvalue weighted by atomic mass is 127. The van der Waals surface area contributed by atoms with Gasteiger partial charge >= 0.3 is 6.03 Å². The van der Waals surface area contributed by atoms with Crippen LogP contribution in [0.5, 0.6) is 5.75 Å². The number of carbonyl (C=O) groups excluding carboxylic acids is 3. The molecule has 1 saturated heterocycles. The molecule has 1 aliphatic rings. The summed E-state index contributed by atoms with van der Waals surface area (Å²) < 4.78 is 7.45. The zero-order valence-corrected chi connectivity index (χ0v) is 17.1. The number of barbiturate groups is 1. The number of nitrogens with zero attached hydrogens (tertiary/aromatic N) is 1. The average molecular weight is 552 g/mol. The third-order valence-corrected chi connectivity index (χ3v) is 4.55. The van der Waals surface area contributed by atoms with Crippen molar-refractivity contribution >= 4 is 69.1 Å². The molecule has 2 rings (SSSR count). The van der Waals surface area contributed by atoms with Gasteiger partial charge in [0.05, 0.1) is 10.2 Å². The summed E-state index contributed by atoms with van der Waals surface area (Å²) in [6, 6.07) is 3.00. The molecule has 1 aliphatic heterocycles. The van der Waals surface area contributed by atoms with E-state index in [0.29, 0.717) is 17.9 Å². The average Bonchev–Trinajstić information content (AvgIpc) is 2.51. The fraction of sp³-hybridized carbons (Fsp3) is 0.188. The van der Waals surface area contributed by atoms with Crippen molar-refractivity contribution in [3.63, 3.8) is 0 Å². The third-order valence-electron chi connectivity index (χ3n) is 3.12. The predicted octanol–water partition coefficient (Wildman–Crippen LogP) is 2.94. The van der Waals surface area contributed by atoms with Crippen LogP contribution >= 0.6 is 45.2 Å². The number of imide groups is 2. The van der Waals surface area contributed by atoms with Gasteiger partial charge in [-0.1, -0.05) is 6.08 Å². The number of hydrogen-bond acceptors (Lipinski definition) is 4. The van der Waals surface area contributed by atoms with Gasteiger partial charge in [0.2, 0.25) is 0 Å². The minimum Gasteiger partial charge on any atom is -0.492 e. The van der Waals surface area contributed by atoms with Crippen molar-refractivity contribution in [1.29, 1.82) is 0 Å². The lowest BCUT2D eigenvalue weighted by Crippen LogP contribution is -2.54. The van der Waals surface area contributed by atoms with Crippen LogP contribution in [-0.2, 0) is 9.59 Å². The molecule has 0 radical (unpaired) electrons. The van der Waals surface area contributed by atoms with E-state index in [2.05, 4.69) is 57.1 Å². The lowest BCUT2D eigenvalue weighted by atomic mass is 10.1. The van der Waals surface area contributed by atoms with Crippen LogP contribution in [0.2, 0.25) is 0 Å².